The van der Waals surface area contributed by atoms with Crippen molar-refractivity contribution in [3.63, 3.8) is 0 Å². The van der Waals surface area contributed by atoms with E-state index in [4.69, 9.17) is 0 Å². The van der Waals surface area contributed by atoms with Gasteiger partial charge in [0.2, 0.25) is 5.91 Å². The number of benzene rings is 2. The number of para-hydroxylation sites is 2. The fraction of sp³-hybridized carbons (Fsp3) is 0.211. The van der Waals surface area contributed by atoms with Crippen molar-refractivity contribution < 1.29 is 9.59 Å². The summed E-state index contributed by atoms with van der Waals surface area (Å²) < 4.78 is 0. The van der Waals surface area contributed by atoms with Crippen molar-refractivity contribution >= 4 is 22.8 Å². The maximum atomic E-state index is 12.4. The minimum absolute atomic E-state index is 0.126. The molecular formula is C19H18N4O2. The first-order valence-corrected chi connectivity index (χ1v) is 8.25. The van der Waals surface area contributed by atoms with Crippen LogP contribution in [0.25, 0.3) is 11.0 Å². The Balaban J connectivity index is 1.45. The van der Waals surface area contributed by atoms with Crippen LogP contribution in [0.2, 0.25) is 0 Å². The van der Waals surface area contributed by atoms with Crippen LogP contribution in [0.1, 0.15) is 47.2 Å². The number of hydrogen-bond acceptors (Lipinski definition) is 3. The first kappa shape index (κ1) is 15.4. The fourth-order valence-electron chi connectivity index (χ4n) is 3.21. The average Bonchev–Trinajstić information content (AvgIpc) is 3.17. The van der Waals surface area contributed by atoms with E-state index < -0.39 is 0 Å². The van der Waals surface area contributed by atoms with Crippen molar-refractivity contribution in [1.29, 1.82) is 0 Å². The maximum Gasteiger partial charge on any atom is 0.252 e. The molecule has 0 fully saturated rings. The van der Waals surface area contributed by atoms with Crippen molar-refractivity contribution in [2.24, 2.45) is 0 Å². The zero-order chi connectivity index (χ0) is 17.4. The smallest absolute Gasteiger partial charge is 0.252 e. The summed E-state index contributed by atoms with van der Waals surface area (Å²) in [5, 5.41) is 5.81. The van der Waals surface area contributed by atoms with Gasteiger partial charge in [0.25, 0.3) is 5.91 Å². The summed E-state index contributed by atoms with van der Waals surface area (Å²) in [6, 6.07) is 14.6. The highest BCUT2D eigenvalue weighted by molar-refractivity contribution is 5.99. The lowest BCUT2D eigenvalue weighted by atomic mass is 10.0. The molecular weight excluding hydrogens is 316 g/mol. The highest BCUT2D eigenvalue weighted by atomic mass is 16.2. The fourth-order valence-corrected chi connectivity index (χ4v) is 3.21. The van der Waals surface area contributed by atoms with Gasteiger partial charge in [0.1, 0.15) is 5.82 Å². The van der Waals surface area contributed by atoms with E-state index in [0.29, 0.717) is 11.4 Å². The molecule has 0 saturated carbocycles. The standard InChI is InChI=1S/C19H18N4O2/c1-11(18-21-14-8-4-5-9-15(14)22-18)20-17(24)10-16-12-6-2-3-7-13(12)19(25)23-16/h2-9,11,16H,10H2,1H3,(H,20,24)(H,21,22)(H,23,25)/t11-,16+/m0/s1. The number of imidazole rings is 1. The van der Waals surface area contributed by atoms with E-state index in [1.54, 1.807) is 6.07 Å². The summed E-state index contributed by atoms with van der Waals surface area (Å²) in [6.45, 7) is 1.89. The average molecular weight is 334 g/mol. The largest absolute Gasteiger partial charge is 0.346 e. The molecule has 6 heteroatoms. The monoisotopic (exact) mass is 334 g/mol. The van der Waals surface area contributed by atoms with Crippen molar-refractivity contribution in [3.8, 4) is 0 Å². The number of hydrogen-bond donors (Lipinski definition) is 3. The van der Waals surface area contributed by atoms with Crippen LogP contribution in [0.5, 0.6) is 0 Å². The Bertz CT molecular complexity index is 930. The van der Waals surface area contributed by atoms with Crippen molar-refractivity contribution in [2.45, 2.75) is 25.4 Å². The van der Waals surface area contributed by atoms with Crippen molar-refractivity contribution in [2.75, 3.05) is 0 Å². The summed E-state index contributed by atoms with van der Waals surface area (Å²) >= 11 is 0. The molecule has 2 aromatic carbocycles. The molecule has 1 aromatic heterocycles. The van der Waals surface area contributed by atoms with Gasteiger partial charge in [0.05, 0.1) is 29.5 Å². The van der Waals surface area contributed by atoms with Gasteiger partial charge in [0, 0.05) is 5.56 Å². The van der Waals surface area contributed by atoms with Crippen LogP contribution in [0, 0.1) is 0 Å². The maximum absolute atomic E-state index is 12.4. The molecule has 0 saturated heterocycles. The number of amides is 2. The number of aromatic amines is 1. The Morgan fingerprint density at radius 3 is 2.80 bits per heavy atom. The molecule has 2 atom stereocenters. The lowest BCUT2D eigenvalue weighted by Gasteiger charge is -2.15. The van der Waals surface area contributed by atoms with E-state index in [-0.39, 0.29) is 30.3 Å². The summed E-state index contributed by atoms with van der Waals surface area (Å²) in [5.41, 5.74) is 3.33. The number of nitrogens with one attached hydrogen (secondary N) is 3. The molecule has 25 heavy (non-hydrogen) atoms. The molecule has 1 aliphatic heterocycles. The van der Waals surface area contributed by atoms with E-state index in [2.05, 4.69) is 20.6 Å². The number of carbonyl (C=O) groups is 2. The summed E-state index contributed by atoms with van der Waals surface area (Å²) in [4.78, 5) is 32.1. The number of aromatic nitrogens is 2. The summed E-state index contributed by atoms with van der Waals surface area (Å²) in [5.74, 6) is 0.457. The van der Waals surface area contributed by atoms with Gasteiger partial charge in [-0.3, -0.25) is 9.59 Å². The predicted molar refractivity (Wildman–Crippen MR) is 93.9 cm³/mol. The molecule has 4 rings (SSSR count). The third-order valence-corrected chi connectivity index (χ3v) is 4.47. The van der Waals surface area contributed by atoms with Crippen LogP contribution in [-0.4, -0.2) is 21.8 Å². The Morgan fingerprint density at radius 1 is 1.20 bits per heavy atom. The second-order valence-electron chi connectivity index (χ2n) is 6.25. The Labute approximate surface area is 144 Å². The van der Waals surface area contributed by atoms with Crippen LogP contribution in [0.15, 0.2) is 48.5 Å². The van der Waals surface area contributed by atoms with Gasteiger partial charge in [-0.15, -0.1) is 0 Å². The van der Waals surface area contributed by atoms with Gasteiger partial charge < -0.3 is 15.6 Å². The van der Waals surface area contributed by atoms with E-state index in [1.165, 1.54) is 0 Å². The third-order valence-electron chi connectivity index (χ3n) is 4.47. The summed E-state index contributed by atoms with van der Waals surface area (Å²) in [7, 11) is 0. The SMILES string of the molecule is C[C@H](NC(=O)C[C@H]1NC(=O)c2ccccc21)c1nc2ccccc2[nH]1. The van der Waals surface area contributed by atoms with Gasteiger partial charge in [-0.1, -0.05) is 30.3 Å². The van der Waals surface area contributed by atoms with Crippen LogP contribution in [0.4, 0.5) is 0 Å². The van der Waals surface area contributed by atoms with Gasteiger partial charge in [0.15, 0.2) is 0 Å². The highest BCUT2D eigenvalue weighted by Gasteiger charge is 2.29. The minimum Gasteiger partial charge on any atom is -0.346 e. The Hall–Kier alpha value is -3.15. The molecule has 126 valence electrons. The zero-order valence-corrected chi connectivity index (χ0v) is 13.7. The van der Waals surface area contributed by atoms with Gasteiger partial charge in [-0.25, -0.2) is 4.98 Å². The van der Waals surface area contributed by atoms with Crippen LogP contribution in [0.3, 0.4) is 0 Å². The van der Waals surface area contributed by atoms with Gasteiger partial charge >= 0.3 is 0 Å². The number of fused-ring (bicyclic) bond motifs is 2. The van der Waals surface area contributed by atoms with Crippen LogP contribution in [-0.2, 0) is 4.79 Å². The molecule has 3 aromatic rings. The Kier molecular flexibility index (Phi) is 3.72. The lowest BCUT2D eigenvalue weighted by molar-refractivity contribution is -0.122. The van der Waals surface area contributed by atoms with E-state index >= 15 is 0 Å². The van der Waals surface area contributed by atoms with Crippen LogP contribution < -0.4 is 10.6 Å². The number of carbonyl (C=O) groups excluding carboxylic acids is 2. The summed E-state index contributed by atoms with van der Waals surface area (Å²) in [6.07, 6.45) is 0.202. The predicted octanol–water partition coefficient (Wildman–Crippen LogP) is 2.61. The second kappa shape index (κ2) is 6.05. The molecule has 1 aliphatic rings. The molecule has 2 amide bonds. The molecule has 2 heterocycles. The molecule has 0 bridgehead atoms. The number of nitrogens with zero attached hydrogens (tertiary/aromatic N) is 1. The van der Waals surface area contributed by atoms with Crippen molar-refractivity contribution in [3.05, 3.63) is 65.5 Å². The zero-order valence-electron chi connectivity index (χ0n) is 13.7. The first-order valence-electron chi connectivity index (χ1n) is 8.25. The molecule has 3 N–H and O–H groups in total. The molecule has 0 spiro atoms. The topological polar surface area (TPSA) is 86.9 Å². The van der Waals surface area contributed by atoms with Gasteiger partial charge in [-0.05, 0) is 30.7 Å². The number of rotatable bonds is 4. The van der Waals surface area contributed by atoms with Crippen molar-refractivity contribution in [1.82, 2.24) is 20.6 Å². The first-order chi connectivity index (χ1) is 12.1. The van der Waals surface area contributed by atoms with Crippen LogP contribution >= 0.6 is 0 Å². The molecule has 0 radical (unpaired) electrons. The highest BCUT2D eigenvalue weighted by Crippen LogP contribution is 2.27. The third kappa shape index (κ3) is 2.87. The quantitative estimate of drug-likeness (QED) is 0.685. The Morgan fingerprint density at radius 2 is 1.96 bits per heavy atom. The molecule has 0 aliphatic carbocycles. The van der Waals surface area contributed by atoms with E-state index in [1.807, 2.05) is 49.4 Å². The number of H-pyrrole nitrogens is 1. The van der Waals surface area contributed by atoms with E-state index in [9.17, 15) is 9.59 Å². The lowest BCUT2D eigenvalue weighted by Crippen LogP contribution is -2.31. The molecule has 6 nitrogen and oxygen atoms in total. The molecule has 0 unspecified atom stereocenters. The second-order valence-corrected chi connectivity index (χ2v) is 6.25. The van der Waals surface area contributed by atoms with E-state index in [0.717, 1.165) is 16.6 Å². The normalized spacial score (nSPS) is 17.2. The van der Waals surface area contributed by atoms with Gasteiger partial charge in [-0.2, -0.15) is 0 Å². The minimum atomic E-state index is -0.286.